The third-order valence-electron chi connectivity index (χ3n) is 3.40. The van der Waals surface area contributed by atoms with E-state index >= 15 is 0 Å². The van der Waals surface area contributed by atoms with E-state index in [-0.39, 0.29) is 5.41 Å². The van der Waals surface area contributed by atoms with Crippen LogP contribution in [0.25, 0.3) is 0 Å². The first kappa shape index (κ1) is 14.0. The third kappa shape index (κ3) is 3.73. The summed E-state index contributed by atoms with van der Waals surface area (Å²) in [4.78, 5) is 0. The van der Waals surface area contributed by atoms with Gasteiger partial charge >= 0.3 is 0 Å². The van der Waals surface area contributed by atoms with Gasteiger partial charge in [0.1, 0.15) is 0 Å². The largest absolute Gasteiger partial charge is 0.0916 e. The molecule has 1 aromatic rings. The molecule has 0 aliphatic rings. The Bertz CT molecular complexity index is 391. The molecular weight excluding hydrogens is 204 g/mol. The minimum Gasteiger partial charge on any atom is -0.0916 e. The summed E-state index contributed by atoms with van der Waals surface area (Å²) in [6, 6.07) is 6.92. The van der Waals surface area contributed by atoms with Gasteiger partial charge in [0.2, 0.25) is 0 Å². The van der Waals surface area contributed by atoms with Crippen molar-refractivity contribution in [3.8, 4) is 0 Å². The zero-order chi connectivity index (χ0) is 13.1. The van der Waals surface area contributed by atoms with Crippen LogP contribution < -0.4 is 0 Å². The molecule has 17 heavy (non-hydrogen) atoms. The molecule has 0 aliphatic carbocycles. The summed E-state index contributed by atoms with van der Waals surface area (Å²) in [7, 11) is 0. The van der Waals surface area contributed by atoms with Gasteiger partial charge in [0, 0.05) is 0 Å². The first-order valence-electron chi connectivity index (χ1n) is 6.58. The zero-order valence-corrected chi connectivity index (χ0v) is 12.2. The first-order chi connectivity index (χ1) is 7.86. The smallest absolute Gasteiger partial charge is 0.0132 e. The van der Waals surface area contributed by atoms with E-state index in [9.17, 15) is 0 Å². The number of benzene rings is 1. The van der Waals surface area contributed by atoms with Crippen LogP contribution in [0.3, 0.4) is 0 Å². The van der Waals surface area contributed by atoms with Gasteiger partial charge in [0.05, 0.1) is 0 Å². The molecule has 0 amide bonds. The maximum atomic E-state index is 2.39. The summed E-state index contributed by atoms with van der Waals surface area (Å²) in [5, 5.41) is 0. The van der Waals surface area contributed by atoms with Crippen molar-refractivity contribution in [2.45, 2.75) is 59.3 Å². The average Bonchev–Trinajstić information content (AvgIpc) is 2.24. The molecule has 0 saturated heterocycles. The molecule has 0 nitrogen and oxygen atoms in total. The maximum absolute atomic E-state index is 2.39. The van der Waals surface area contributed by atoms with E-state index < -0.39 is 0 Å². The van der Waals surface area contributed by atoms with Crippen molar-refractivity contribution in [1.82, 2.24) is 0 Å². The predicted octanol–water partition coefficient (Wildman–Crippen LogP) is 5.36. The van der Waals surface area contributed by atoms with Crippen molar-refractivity contribution >= 4 is 0 Å². The van der Waals surface area contributed by atoms with Gasteiger partial charge in [-0.2, -0.15) is 0 Å². The average molecular weight is 230 g/mol. The lowest BCUT2D eigenvalue weighted by atomic mass is 9.83. The highest BCUT2D eigenvalue weighted by molar-refractivity contribution is 5.36. The summed E-state index contributed by atoms with van der Waals surface area (Å²) >= 11 is 0. The fraction of sp³-hybridized carbons (Fsp3) is 0.529. The summed E-state index contributed by atoms with van der Waals surface area (Å²) in [5.41, 5.74) is 4.58. The lowest BCUT2D eigenvalue weighted by molar-refractivity contribution is 0.587. The Labute approximate surface area is 107 Å². The Kier molecular flexibility index (Phi) is 4.56. The monoisotopic (exact) mass is 230 g/mol. The minimum atomic E-state index is 0.239. The second kappa shape index (κ2) is 5.53. The highest BCUT2D eigenvalue weighted by atomic mass is 14.2. The Morgan fingerprint density at radius 3 is 2.41 bits per heavy atom. The van der Waals surface area contributed by atoms with Crippen LogP contribution in [-0.4, -0.2) is 0 Å². The molecule has 0 heterocycles. The molecule has 0 aromatic heterocycles. The van der Waals surface area contributed by atoms with Gasteiger partial charge in [-0.25, -0.2) is 0 Å². The molecule has 0 N–H and O–H groups in total. The van der Waals surface area contributed by atoms with E-state index in [2.05, 4.69) is 71.9 Å². The maximum Gasteiger partial charge on any atom is -0.0132 e. The topological polar surface area (TPSA) is 0 Å². The van der Waals surface area contributed by atoms with Crippen molar-refractivity contribution in [2.24, 2.45) is 0 Å². The summed E-state index contributed by atoms with van der Waals surface area (Å²) in [6.45, 7) is 13.4. The lowest BCUT2D eigenvalue weighted by Crippen LogP contribution is -2.12. The first-order valence-corrected chi connectivity index (χ1v) is 6.58. The highest BCUT2D eigenvalue weighted by Gasteiger charge is 2.16. The number of allylic oxidation sites excluding steroid dienone is 2. The van der Waals surface area contributed by atoms with Gasteiger partial charge in [0.15, 0.2) is 0 Å². The highest BCUT2D eigenvalue weighted by Crippen LogP contribution is 2.29. The number of rotatable bonds is 3. The van der Waals surface area contributed by atoms with Crippen molar-refractivity contribution in [3.05, 3.63) is 47.0 Å². The molecule has 1 unspecified atom stereocenters. The summed E-state index contributed by atoms with van der Waals surface area (Å²) < 4.78 is 0. The molecule has 1 aromatic carbocycles. The van der Waals surface area contributed by atoms with E-state index in [0.29, 0.717) is 5.92 Å². The van der Waals surface area contributed by atoms with Gasteiger partial charge in [-0.05, 0) is 48.3 Å². The Hall–Kier alpha value is -1.04. The van der Waals surface area contributed by atoms with Crippen LogP contribution in [0.2, 0.25) is 0 Å². The van der Waals surface area contributed by atoms with Crippen LogP contribution in [0, 0.1) is 6.92 Å². The Morgan fingerprint density at radius 2 is 1.88 bits per heavy atom. The summed E-state index contributed by atoms with van der Waals surface area (Å²) in [5.74, 6) is 0.605. The van der Waals surface area contributed by atoms with Crippen LogP contribution in [0.1, 0.15) is 63.6 Å². The molecule has 1 atom stereocenters. The lowest BCUT2D eigenvalue weighted by Gasteiger charge is -2.22. The number of hydrogen-bond donors (Lipinski definition) is 0. The zero-order valence-electron chi connectivity index (χ0n) is 12.2. The molecule has 1 rings (SSSR count). The van der Waals surface area contributed by atoms with Gasteiger partial charge < -0.3 is 0 Å². The molecule has 0 aliphatic heterocycles. The SMILES string of the molecule is C/C=C\CC(C)c1cc(C(C)(C)C)ccc1C. The molecular formula is C17H26. The van der Waals surface area contributed by atoms with Crippen molar-refractivity contribution in [1.29, 1.82) is 0 Å². The van der Waals surface area contributed by atoms with Crippen molar-refractivity contribution in [2.75, 3.05) is 0 Å². The third-order valence-corrected chi connectivity index (χ3v) is 3.40. The summed E-state index contributed by atoms with van der Waals surface area (Å²) in [6.07, 6.45) is 5.53. The van der Waals surface area contributed by atoms with Gasteiger partial charge in [-0.1, -0.05) is 58.0 Å². The van der Waals surface area contributed by atoms with E-state index in [0.717, 1.165) is 6.42 Å². The van der Waals surface area contributed by atoms with E-state index in [1.807, 2.05) is 0 Å². The van der Waals surface area contributed by atoms with Gasteiger partial charge in [-0.15, -0.1) is 0 Å². The second-order valence-electron chi connectivity index (χ2n) is 6.03. The van der Waals surface area contributed by atoms with E-state index in [1.54, 1.807) is 0 Å². The van der Waals surface area contributed by atoms with Crippen LogP contribution in [-0.2, 0) is 5.41 Å². The van der Waals surface area contributed by atoms with Crippen molar-refractivity contribution in [3.63, 3.8) is 0 Å². The Morgan fingerprint density at radius 1 is 1.24 bits per heavy atom. The molecule has 0 spiro atoms. The second-order valence-corrected chi connectivity index (χ2v) is 6.03. The van der Waals surface area contributed by atoms with Crippen LogP contribution >= 0.6 is 0 Å². The van der Waals surface area contributed by atoms with Crippen molar-refractivity contribution < 1.29 is 0 Å². The fourth-order valence-electron chi connectivity index (χ4n) is 2.11. The quantitative estimate of drug-likeness (QED) is 0.613. The minimum absolute atomic E-state index is 0.239. The van der Waals surface area contributed by atoms with Gasteiger partial charge in [-0.3, -0.25) is 0 Å². The standard InChI is InChI=1S/C17H26/c1-7-8-9-13(2)16-12-15(17(4,5)6)11-10-14(16)3/h7-8,10-13H,9H2,1-6H3/b8-7-. The van der Waals surface area contributed by atoms with Crippen LogP contribution in [0.5, 0.6) is 0 Å². The fourth-order valence-corrected chi connectivity index (χ4v) is 2.11. The molecule has 0 fully saturated rings. The molecule has 0 radical (unpaired) electrons. The van der Waals surface area contributed by atoms with E-state index in [1.165, 1.54) is 16.7 Å². The predicted molar refractivity (Wildman–Crippen MR) is 77.7 cm³/mol. The van der Waals surface area contributed by atoms with Crippen LogP contribution in [0.15, 0.2) is 30.4 Å². The van der Waals surface area contributed by atoms with E-state index in [4.69, 9.17) is 0 Å². The van der Waals surface area contributed by atoms with Gasteiger partial charge in [0.25, 0.3) is 0 Å². The van der Waals surface area contributed by atoms with Crippen LogP contribution in [0.4, 0.5) is 0 Å². The molecule has 0 bridgehead atoms. The Balaban J connectivity index is 3.06. The molecule has 0 saturated carbocycles. The molecule has 94 valence electrons. The number of aryl methyl sites for hydroxylation is 1. The number of hydrogen-bond acceptors (Lipinski definition) is 0. The molecule has 0 heteroatoms. The normalized spacial score (nSPS) is 14.2.